The molecule has 1 rings (SSSR count). The van der Waals surface area contributed by atoms with Gasteiger partial charge in [-0.15, -0.1) is 0 Å². The number of carbonyl (C=O) groups excluding carboxylic acids is 1. The molecule has 1 amide bonds. The molecule has 17 heavy (non-hydrogen) atoms. The molecule has 0 saturated carbocycles. The normalized spacial score (nSPS) is 10.3. The van der Waals surface area contributed by atoms with E-state index in [1.165, 1.54) is 0 Å². The van der Waals surface area contributed by atoms with Crippen molar-refractivity contribution >= 4 is 28.5 Å². The molecule has 1 aromatic carbocycles. The first kappa shape index (κ1) is 13.6. The summed E-state index contributed by atoms with van der Waals surface area (Å²) in [4.78, 5) is 11.6. The van der Waals surface area contributed by atoms with Gasteiger partial charge in [-0.1, -0.05) is 43.8 Å². The number of carbonyl (C=O) groups is 1. The second kappa shape index (κ2) is 6.30. The Hall–Kier alpha value is -1.49. The molecule has 0 aliphatic heterocycles. The summed E-state index contributed by atoms with van der Waals surface area (Å²) in [5.41, 5.74) is 7.11. The highest BCUT2D eigenvalue weighted by Gasteiger charge is 2.09. The van der Waals surface area contributed by atoms with Crippen molar-refractivity contribution in [3.8, 4) is 0 Å². The Morgan fingerprint density at radius 1 is 1.47 bits per heavy atom. The fourth-order valence-corrected chi connectivity index (χ4v) is 1.80. The number of amidine groups is 1. The zero-order valence-electron chi connectivity index (χ0n) is 9.99. The van der Waals surface area contributed by atoms with Gasteiger partial charge in [-0.3, -0.25) is 10.2 Å². The maximum Gasteiger partial charge on any atom is 0.234 e. The highest BCUT2D eigenvalue weighted by atomic mass is 32.2. The summed E-state index contributed by atoms with van der Waals surface area (Å²) < 4.78 is 0. The minimum absolute atomic E-state index is 0.0442. The Bertz CT molecular complexity index is 418. The number of hydrogen-bond acceptors (Lipinski definition) is 3. The SMILES string of the molecule is CC(C)c1ccccc1NC(=O)CSC(=N)N. The van der Waals surface area contributed by atoms with E-state index in [-0.39, 0.29) is 16.8 Å². The highest BCUT2D eigenvalue weighted by Crippen LogP contribution is 2.23. The Balaban J connectivity index is 2.68. The van der Waals surface area contributed by atoms with Crippen molar-refractivity contribution in [2.24, 2.45) is 5.73 Å². The summed E-state index contributed by atoms with van der Waals surface area (Å²) >= 11 is 1.02. The summed E-state index contributed by atoms with van der Waals surface area (Å²) in [5.74, 6) is 0.382. The van der Waals surface area contributed by atoms with Gasteiger partial charge in [0, 0.05) is 5.69 Å². The van der Waals surface area contributed by atoms with Crippen molar-refractivity contribution in [2.75, 3.05) is 11.1 Å². The number of nitrogens with one attached hydrogen (secondary N) is 2. The topological polar surface area (TPSA) is 79.0 Å². The molecule has 0 spiro atoms. The largest absolute Gasteiger partial charge is 0.379 e. The fraction of sp³-hybridized carbons (Fsp3) is 0.333. The average Bonchev–Trinajstić information content (AvgIpc) is 2.27. The number of anilines is 1. The van der Waals surface area contributed by atoms with Gasteiger partial charge in [0.15, 0.2) is 5.17 Å². The number of thioether (sulfide) groups is 1. The second-order valence-corrected chi connectivity index (χ2v) is 4.96. The van der Waals surface area contributed by atoms with Crippen molar-refractivity contribution in [2.45, 2.75) is 19.8 Å². The van der Waals surface area contributed by atoms with Crippen LogP contribution in [-0.4, -0.2) is 16.8 Å². The Morgan fingerprint density at radius 2 is 2.12 bits per heavy atom. The molecule has 4 nitrogen and oxygen atoms in total. The molecule has 0 bridgehead atoms. The summed E-state index contributed by atoms with van der Waals surface area (Å²) in [6, 6.07) is 7.72. The first-order valence-corrected chi connectivity index (χ1v) is 6.35. The van der Waals surface area contributed by atoms with Crippen LogP contribution >= 0.6 is 11.8 Å². The molecular weight excluding hydrogens is 234 g/mol. The molecule has 0 unspecified atom stereocenters. The minimum Gasteiger partial charge on any atom is -0.379 e. The van der Waals surface area contributed by atoms with Crippen LogP contribution in [0.15, 0.2) is 24.3 Å². The highest BCUT2D eigenvalue weighted by molar-refractivity contribution is 8.14. The van der Waals surface area contributed by atoms with Crippen molar-refractivity contribution in [3.63, 3.8) is 0 Å². The third-order valence-electron chi connectivity index (χ3n) is 2.22. The van der Waals surface area contributed by atoms with Gasteiger partial charge in [0.25, 0.3) is 0 Å². The molecule has 0 radical (unpaired) electrons. The Labute approximate surface area is 105 Å². The fourth-order valence-electron chi connectivity index (χ4n) is 1.44. The number of amides is 1. The van der Waals surface area contributed by atoms with Gasteiger partial charge in [0.05, 0.1) is 5.75 Å². The second-order valence-electron chi connectivity index (χ2n) is 3.94. The summed E-state index contributed by atoms with van der Waals surface area (Å²) in [5, 5.41) is 9.83. The zero-order chi connectivity index (χ0) is 12.8. The third kappa shape index (κ3) is 4.48. The van der Waals surface area contributed by atoms with E-state index in [1.54, 1.807) is 0 Å². The van der Waals surface area contributed by atoms with Crippen LogP contribution in [0, 0.1) is 5.41 Å². The van der Waals surface area contributed by atoms with Crippen LogP contribution in [-0.2, 0) is 4.79 Å². The van der Waals surface area contributed by atoms with E-state index in [1.807, 2.05) is 24.3 Å². The molecule has 0 aliphatic rings. The molecule has 0 saturated heterocycles. The van der Waals surface area contributed by atoms with Crippen LogP contribution in [0.4, 0.5) is 5.69 Å². The first-order valence-electron chi connectivity index (χ1n) is 5.36. The molecule has 0 aromatic heterocycles. The van der Waals surface area contributed by atoms with E-state index in [0.717, 1.165) is 23.0 Å². The maximum absolute atomic E-state index is 11.6. The Kier molecular flexibility index (Phi) is 5.03. The first-order chi connectivity index (χ1) is 8.00. The molecular formula is C12H17N3OS. The van der Waals surface area contributed by atoms with Gasteiger partial charge in [-0.2, -0.15) is 0 Å². The average molecular weight is 251 g/mol. The van der Waals surface area contributed by atoms with Crippen molar-refractivity contribution in [1.82, 2.24) is 0 Å². The van der Waals surface area contributed by atoms with Gasteiger partial charge in [0.1, 0.15) is 0 Å². The van der Waals surface area contributed by atoms with Gasteiger partial charge < -0.3 is 11.1 Å². The zero-order valence-corrected chi connectivity index (χ0v) is 10.8. The Morgan fingerprint density at radius 3 is 2.71 bits per heavy atom. The lowest BCUT2D eigenvalue weighted by molar-refractivity contribution is -0.113. The molecule has 0 aliphatic carbocycles. The summed E-state index contributed by atoms with van der Waals surface area (Å²) in [6.45, 7) is 4.16. The number of nitrogens with two attached hydrogens (primary N) is 1. The number of rotatable bonds is 4. The van der Waals surface area contributed by atoms with Gasteiger partial charge in [-0.25, -0.2) is 0 Å². The molecule has 0 heterocycles. The van der Waals surface area contributed by atoms with Crippen LogP contribution in [0.5, 0.6) is 0 Å². The maximum atomic E-state index is 11.6. The number of hydrogen-bond donors (Lipinski definition) is 3. The molecule has 92 valence electrons. The van der Waals surface area contributed by atoms with Gasteiger partial charge in [0.2, 0.25) is 5.91 Å². The standard InChI is InChI=1S/C12H17N3OS/c1-8(2)9-5-3-4-6-10(9)15-11(16)7-17-12(13)14/h3-6,8H,7H2,1-2H3,(H3,13,14)(H,15,16). The molecule has 4 N–H and O–H groups in total. The van der Waals surface area contributed by atoms with E-state index < -0.39 is 0 Å². The lowest BCUT2D eigenvalue weighted by Crippen LogP contribution is -2.18. The van der Waals surface area contributed by atoms with E-state index in [4.69, 9.17) is 11.1 Å². The quantitative estimate of drug-likeness (QED) is 0.568. The van der Waals surface area contributed by atoms with Gasteiger partial charge in [-0.05, 0) is 17.5 Å². The molecule has 0 atom stereocenters. The number of benzene rings is 1. The predicted octanol–water partition coefficient (Wildman–Crippen LogP) is 2.38. The van der Waals surface area contributed by atoms with Crippen LogP contribution in [0.25, 0.3) is 0 Å². The lowest BCUT2D eigenvalue weighted by Gasteiger charge is -2.13. The van der Waals surface area contributed by atoms with E-state index in [2.05, 4.69) is 19.2 Å². The van der Waals surface area contributed by atoms with Crippen molar-refractivity contribution in [1.29, 1.82) is 5.41 Å². The van der Waals surface area contributed by atoms with E-state index in [9.17, 15) is 4.79 Å². The summed E-state index contributed by atoms with van der Waals surface area (Å²) in [6.07, 6.45) is 0. The van der Waals surface area contributed by atoms with E-state index in [0.29, 0.717) is 5.92 Å². The van der Waals surface area contributed by atoms with Crippen LogP contribution in [0.2, 0.25) is 0 Å². The van der Waals surface area contributed by atoms with Crippen molar-refractivity contribution in [3.05, 3.63) is 29.8 Å². The third-order valence-corrected chi connectivity index (χ3v) is 2.93. The van der Waals surface area contributed by atoms with Crippen LogP contribution < -0.4 is 11.1 Å². The van der Waals surface area contributed by atoms with Crippen molar-refractivity contribution < 1.29 is 4.79 Å². The predicted molar refractivity (Wildman–Crippen MR) is 73.5 cm³/mol. The molecule has 0 fully saturated rings. The molecule has 1 aromatic rings. The lowest BCUT2D eigenvalue weighted by atomic mass is 10.0. The minimum atomic E-state index is -0.140. The number of para-hydroxylation sites is 1. The summed E-state index contributed by atoms with van der Waals surface area (Å²) in [7, 11) is 0. The van der Waals surface area contributed by atoms with E-state index >= 15 is 0 Å². The smallest absolute Gasteiger partial charge is 0.234 e. The van der Waals surface area contributed by atoms with Crippen LogP contribution in [0.1, 0.15) is 25.3 Å². The molecule has 5 heteroatoms. The monoisotopic (exact) mass is 251 g/mol. The van der Waals surface area contributed by atoms with Crippen LogP contribution in [0.3, 0.4) is 0 Å². The van der Waals surface area contributed by atoms with Gasteiger partial charge >= 0.3 is 0 Å².